The van der Waals surface area contributed by atoms with Crippen LogP contribution >= 0.6 is 0 Å². The number of amides is 1. The lowest BCUT2D eigenvalue weighted by molar-refractivity contribution is -0.127. The minimum Gasteiger partial charge on any atom is -0.491 e. The van der Waals surface area contributed by atoms with Crippen LogP contribution in [0.1, 0.15) is 43.9 Å². The lowest BCUT2D eigenvalue weighted by Crippen LogP contribution is -2.42. The van der Waals surface area contributed by atoms with E-state index in [1.807, 2.05) is 12.1 Å². The summed E-state index contributed by atoms with van der Waals surface area (Å²) in [5, 5.41) is 3.22. The van der Waals surface area contributed by atoms with Crippen LogP contribution in [0.3, 0.4) is 0 Å². The molecule has 1 fully saturated rings. The third kappa shape index (κ3) is 7.83. The molecule has 1 heterocycles. The lowest BCUT2D eigenvalue weighted by atomic mass is 9.92. The van der Waals surface area contributed by atoms with Crippen molar-refractivity contribution in [2.75, 3.05) is 40.0 Å². The van der Waals surface area contributed by atoms with Crippen LogP contribution in [0, 0.1) is 17.7 Å². The van der Waals surface area contributed by atoms with Gasteiger partial charge in [0.2, 0.25) is 5.91 Å². The maximum Gasteiger partial charge on any atom is 0.223 e. The van der Waals surface area contributed by atoms with Crippen LogP contribution in [0.25, 0.3) is 0 Å². The molecule has 0 aromatic heterocycles. The smallest absolute Gasteiger partial charge is 0.223 e. The maximum atomic E-state index is 13.3. The van der Waals surface area contributed by atoms with Crippen LogP contribution in [-0.2, 0) is 16.0 Å². The molecule has 180 valence electrons. The van der Waals surface area contributed by atoms with Gasteiger partial charge in [-0.15, -0.1) is 0 Å². The number of nitrogens with zero attached hydrogens (tertiary/aromatic N) is 1. The molecule has 1 aliphatic rings. The van der Waals surface area contributed by atoms with Gasteiger partial charge in [0.15, 0.2) is 0 Å². The highest BCUT2D eigenvalue weighted by molar-refractivity contribution is 5.79. The molecule has 0 aliphatic carbocycles. The normalized spacial score (nSPS) is 16.0. The second-order valence-corrected chi connectivity index (χ2v) is 9.14. The highest BCUT2D eigenvalue weighted by Crippen LogP contribution is 2.25. The number of nitrogens with one attached hydrogen (secondary N) is 1. The summed E-state index contributed by atoms with van der Waals surface area (Å²) in [5.74, 6) is 0.985. The fraction of sp³-hybridized carbons (Fsp3) is 0.519. The molecule has 5 nitrogen and oxygen atoms in total. The first kappa shape index (κ1) is 25.2. The monoisotopic (exact) mass is 456 g/mol. The van der Waals surface area contributed by atoms with Gasteiger partial charge in [-0.1, -0.05) is 38.1 Å². The number of ether oxygens (including phenoxy) is 2. The first-order valence-electron chi connectivity index (χ1n) is 11.9. The van der Waals surface area contributed by atoms with E-state index in [-0.39, 0.29) is 29.6 Å². The van der Waals surface area contributed by atoms with Gasteiger partial charge in [-0.05, 0) is 73.7 Å². The fourth-order valence-electron chi connectivity index (χ4n) is 4.32. The number of benzene rings is 2. The largest absolute Gasteiger partial charge is 0.491 e. The Kier molecular flexibility index (Phi) is 9.70. The number of methoxy groups -OCH3 is 1. The molecule has 1 saturated heterocycles. The molecule has 0 radical (unpaired) electrons. The maximum absolute atomic E-state index is 13.3. The molecule has 1 aliphatic heterocycles. The topological polar surface area (TPSA) is 50.8 Å². The van der Waals surface area contributed by atoms with Gasteiger partial charge in [-0.25, -0.2) is 4.39 Å². The second kappa shape index (κ2) is 12.7. The predicted molar refractivity (Wildman–Crippen MR) is 129 cm³/mol. The molecule has 3 rings (SSSR count). The standard InChI is InChI=1S/C27H37FN2O3/c1-20(2)26(22-7-9-24(28)10-8-22)29-27(31)23-12-15-30(16-13-23)14-11-21-5-4-6-25(19-21)33-18-17-32-3/h4-10,19-20,23,26H,11-18H2,1-3H3,(H,29,31)/t26-/m1/s1. The van der Waals surface area contributed by atoms with Crippen LogP contribution in [-0.4, -0.2) is 50.8 Å². The van der Waals surface area contributed by atoms with E-state index in [9.17, 15) is 9.18 Å². The van der Waals surface area contributed by atoms with E-state index >= 15 is 0 Å². The van der Waals surface area contributed by atoms with Crippen LogP contribution in [0.4, 0.5) is 4.39 Å². The highest BCUT2D eigenvalue weighted by atomic mass is 19.1. The summed E-state index contributed by atoms with van der Waals surface area (Å²) in [6.45, 7) is 8.10. The minimum atomic E-state index is -0.259. The number of piperidine rings is 1. The van der Waals surface area contributed by atoms with Crippen molar-refractivity contribution in [3.63, 3.8) is 0 Å². The quantitative estimate of drug-likeness (QED) is 0.502. The zero-order chi connectivity index (χ0) is 23.6. The third-order valence-corrected chi connectivity index (χ3v) is 6.32. The fourth-order valence-corrected chi connectivity index (χ4v) is 4.32. The molecule has 1 atom stereocenters. The molecule has 0 bridgehead atoms. The van der Waals surface area contributed by atoms with E-state index in [0.717, 1.165) is 50.2 Å². The summed E-state index contributed by atoms with van der Waals surface area (Å²) < 4.78 is 24.0. The summed E-state index contributed by atoms with van der Waals surface area (Å²) >= 11 is 0. The van der Waals surface area contributed by atoms with E-state index in [0.29, 0.717) is 13.2 Å². The number of hydrogen-bond acceptors (Lipinski definition) is 4. The molecule has 0 saturated carbocycles. The van der Waals surface area contributed by atoms with Crippen LogP contribution < -0.4 is 10.1 Å². The Morgan fingerprint density at radius 3 is 2.52 bits per heavy atom. The summed E-state index contributed by atoms with van der Waals surface area (Å²) in [4.78, 5) is 15.4. The average Bonchev–Trinajstić information content (AvgIpc) is 2.82. The van der Waals surface area contributed by atoms with Crippen molar-refractivity contribution in [2.45, 2.75) is 39.2 Å². The molecule has 1 amide bonds. The van der Waals surface area contributed by atoms with Crippen molar-refractivity contribution in [3.05, 3.63) is 65.5 Å². The van der Waals surface area contributed by atoms with Gasteiger partial charge in [0.25, 0.3) is 0 Å². The third-order valence-electron chi connectivity index (χ3n) is 6.32. The molecule has 1 N–H and O–H groups in total. The van der Waals surface area contributed by atoms with Gasteiger partial charge >= 0.3 is 0 Å². The Balaban J connectivity index is 1.45. The van der Waals surface area contributed by atoms with E-state index in [1.165, 1.54) is 17.7 Å². The minimum absolute atomic E-state index is 0.0282. The summed E-state index contributed by atoms with van der Waals surface area (Å²) in [5.41, 5.74) is 2.20. The first-order chi connectivity index (χ1) is 16.0. The Morgan fingerprint density at radius 1 is 1.12 bits per heavy atom. The summed E-state index contributed by atoms with van der Waals surface area (Å²) in [6, 6.07) is 14.6. The van der Waals surface area contributed by atoms with E-state index in [2.05, 4.69) is 36.2 Å². The molecular weight excluding hydrogens is 419 g/mol. The van der Waals surface area contributed by atoms with Gasteiger partial charge in [0.05, 0.1) is 12.6 Å². The highest BCUT2D eigenvalue weighted by Gasteiger charge is 2.27. The Morgan fingerprint density at radius 2 is 1.85 bits per heavy atom. The van der Waals surface area contributed by atoms with E-state index in [4.69, 9.17) is 9.47 Å². The van der Waals surface area contributed by atoms with Gasteiger partial charge in [0.1, 0.15) is 18.2 Å². The Hall–Kier alpha value is -2.44. The molecule has 33 heavy (non-hydrogen) atoms. The number of carbonyl (C=O) groups excluding carboxylic acids is 1. The number of carbonyl (C=O) groups is 1. The zero-order valence-corrected chi connectivity index (χ0v) is 20.1. The number of rotatable bonds is 11. The van der Waals surface area contributed by atoms with Gasteiger partial charge in [-0.2, -0.15) is 0 Å². The van der Waals surface area contributed by atoms with Crippen molar-refractivity contribution in [1.82, 2.24) is 10.2 Å². The second-order valence-electron chi connectivity index (χ2n) is 9.14. The number of hydrogen-bond donors (Lipinski definition) is 1. The molecule has 2 aromatic carbocycles. The predicted octanol–water partition coefficient (Wildman–Crippen LogP) is 4.62. The van der Waals surface area contributed by atoms with E-state index < -0.39 is 0 Å². The lowest BCUT2D eigenvalue weighted by Gasteiger charge is -2.33. The zero-order valence-electron chi connectivity index (χ0n) is 20.1. The molecule has 2 aromatic rings. The van der Waals surface area contributed by atoms with Crippen molar-refractivity contribution < 1.29 is 18.7 Å². The molecular formula is C27H37FN2O3. The van der Waals surface area contributed by atoms with Gasteiger partial charge in [0, 0.05) is 19.6 Å². The summed E-state index contributed by atoms with van der Waals surface area (Å²) in [6.07, 6.45) is 2.68. The van der Waals surface area contributed by atoms with Crippen LogP contribution in [0.15, 0.2) is 48.5 Å². The summed E-state index contributed by atoms with van der Waals surface area (Å²) in [7, 11) is 1.67. The van der Waals surface area contributed by atoms with Crippen molar-refractivity contribution in [3.8, 4) is 5.75 Å². The Labute approximate surface area is 197 Å². The average molecular weight is 457 g/mol. The SMILES string of the molecule is COCCOc1cccc(CCN2CCC(C(=O)N[C@@H](c3ccc(F)cc3)C(C)C)CC2)c1. The first-order valence-corrected chi connectivity index (χ1v) is 11.9. The molecule has 6 heteroatoms. The van der Waals surface area contributed by atoms with Gasteiger partial charge < -0.3 is 19.7 Å². The molecule has 0 spiro atoms. The van der Waals surface area contributed by atoms with Gasteiger partial charge in [-0.3, -0.25) is 4.79 Å². The Bertz CT molecular complexity index is 864. The van der Waals surface area contributed by atoms with Crippen molar-refractivity contribution in [1.29, 1.82) is 0 Å². The number of likely N-dealkylation sites (tertiary alicyclic amines) is 1. The van der Waals surface area contributed by atoms with Crippen LogP contribution in [0.5, 0.6) is 5.75 Å². The van der Waals surface area contributed by atoms with E-state index in [1.54, 1.807) is 19.2 Å². The van der Waals surface area contributed by atoms with Crippen molar-refractivity contribution >= 4 is 5.91 Å². The van der Waals surface area contributed by atoms with Crippen molar-refractivity contribution in [2.24, 2.45) is 11.8 Å². The number of halogens is 1. The van der Waals surface area contributed by atoms with Crippen LogP contribution in [0.2, 0.25) is 0 Å². The molecule has 0 unspecified atom stereocenters.